The molecule has 0 amide bonds. The molecule has 0 saturated heterocycles. The number of rotatable bonds is 5. The lowest BCUT2D eigenvalue weighted by molar-refractivity contribution is 0.112. The summed E-state index contributed by atoms with van der Waals surface area (Å²) in [4.78, 5) is 12.4. The summed E-state index contributed by atoms with van der Waals surface area (Å²) in [5.74, 6) is 0. The van der Waals surface area contributed by atoms with Gasteiger partial charge in [-0.1, -0.05) is 61.2 Å². The SMILES string of the molecule is C=C/C=C(/C)C=C.CN(C)Cc1ccc(C=O)cc1. The summed E-state index contributed by atoms with van der Waals surface area (Å²) in [6.07, 6.45) is 6.31. The summed E-state index contributed by atoms with van der Waals surface area (Å²) in [5, 5.41) is 0. The molecule has 0 aliphatic heterocycles. The van der Waals surface area contributed by atoms with Gasteiger partial charge in [0.1, 0.15) is 6.29 Å². The molecule has 0 N–H and O–H groups in total. The number of nitrogens with zero attached hydrogens (tertiary/aromatic N) is 1. The molecule has 2 heteroatoms. The van der Waals surface area contributed by atoms with E-state index >= 15 is 0 Å². The van der Waals surface area contributed by atoms with Gasteiger partial charge in [0.05, 0.1) is 0 Å². The smallest absolute Gasteiger partial charge is 0.150 e. The van der Waals surface area contributed by atoms with Crippen molar-refractivity contribution >= 4 is 6.29 Å². The Kier molecular flexibility index (Phi) is 9.02. The summed E-state index contributed by atoms with van der Waals surface area (Å²) in [7, 11) is 4.04. The van der Waals surface area contributed by atoms with Gasteiger partial charge in [-0.2, -0.15) is 0 Å². The number of carbonyl (C=O) groups is 1. The maximum absolute atomic E-state index is 10.3. The fraction of sp³-hybridized carbons (Fsp3) is 0.235. The van der Waals surface area contributed by atoms with E-state index in [0.29, 0.717) is 0 Å². The van der Waals surface area contributed by atoms with E-state index in [2.05, 4.69) is 18.1 Å². The molecule has 0 heterocycles. The number of hydrogen-bond acceptors (Lipinski definition) is 2. The van der Waals surface area contributed by atoms with Crippen molar-refractivity contribution in [2.45, 2.75) is 13.5 Å². The van der Waals surface area contributed by atoms with E-state index < -0.39 is 0 Å². The number of allylic oxidation sites excluding steroid dienone is 4. The lowest BCUT2D eigenvalue weighted by Gasteiger charge is -2.08. The van der Waals surface area contributed by atoms with Crippen LogP contribution in [0.5, 0.6) is 0 Å². The molecule has 0 bridgehead atoms. The lowest BCUT2D eigenvalue weighted by Crippen LogP contribution is -2.10. The first-order valence-corrected chi connectivity index (χ1v) is 6.14. The Balaban J connectivity index is 0.000000399. The van der Waals surface area contributed by atoms with Crippen LogP contribution in [0.3, 0.4) is 0 Å². The first kappa shape index (κ1) is 17.1. The highest BCUT2D eigenvalue weighted by Gasteiger charge is 1.94. The third-order valence-electron chi connectivity index (χ3n) is 2.32. The van der Waals surface area contributed by atoms with Crippen LogP contribution in [0, 0.1) is 0 Å². The van der Waals surface area contributed by atoms with Gasteiger partial charge >= 0.3 is 0 Å². The topological polar surface area (TPSA) is 20.3 Å². The van der Waals surface area contributed by atoms with Gasteiger partial charge in [-0.15, -0.1) is 0 Å². The fourth-order valence-corrected chi connectivity index (χ4v) is 1.32. The van der Waals surface area contributed by atoms with E-state index in [9.17, 15) is 4.79 Å². The normalized spacial score (nSPS) is 10.4. The molecule has 1 aromatic carbocycles. The van der Waals surface area contributed by atoms with Crippen LogP contribution in [0.4, 0.5) is 0 Å². The molecular formula is C17H23NO. The third kappa shape index (κ3) is 8.75. The molecule has 1 rings (SSSR count). The molecule has 1 aromatic rings. The highest BCUT2D eigenvalue weighted by molar-refractivity contribution is 5.74. The van der Waals surface area contributed by atoms with Gasteiger partial charge in [0.25, 0.3) is 0 Å². The number of hydrogen-bond donors (Lipinski definition) is 0. The van der Waals surface area contributed by atoms with Crippen molar-refractivity contribution in [1.29, 1.82) is 0 Å². The molecule has 0 atom stereocenters. The molecule has 0 spiro atoms. The van der Waals surface area contributed by atoms with Gasteiger partial charge in [0.15, 0.2) is 0 Å². The molecule has 102 valence electrons. The van der Waals surface area contributed by atoms with E-state index in [1.165, 1.54) is 5.56 Å². The fourth-order valence-electron chi connectivity index (χ4n) is 1.32. The predicted molar refractivity (Wildman–Crippen MR) is 83.4 cm³/mol. The summed E-state index contributed by atoms with van der Waals surface area (Å²) in [6, 6.07) is 7.63. The largest absolute Gasteiger partial charge is 0.305 e. The number of benzene rings is 1. The maximum atomic E-state index is 10.3. The minimum absolute atomic E-state index is 0.734. The molecule has 0 aliphatic rings. The van der Waals surface area contributed by atoms with Crippen molar-refractivity contribution in [3.05, 3.63) is 72.4 Å². The standard InChI is InChI=1S/C10H13NO.C7H10/c1-11(2)7-9-3-5-10(8-12)6-4-9;1-4-6-7(3)5-2/h3-6,8H,7H2,1-2H3;4-6H,1-2H2,3H3/b;7-6-. The molecular weight excluding hydrogens is 234 g/mol. The average molecular weight is 257 g/mol. The lowest BCUT2D eigenvalue weighted by atomic mass is 10.1. The monoisotopic (exact) mass is 257 g/mol. The van der Waals surface area contributed by atoms with E-state index in [1.807, 2.05) is 51.4 Å². The Bertz CT molecular complexity index is 427. The van der Waals surface area contributed by atoms with Crippen molar-refractivity contribution < 1.29 is 4.79 Å². The van der Waals surface area contributed by atoms with Crippen molar-refractivity contribution in [2.24, 2.45) is 0 Å². The van der Waals surface area contributed by atoms with Crippen LogP contribution in [-0.2, 0) is 6.54 Å². The second kappa shape index (κ2) is 10.0. The van der Waals surface area contributed by atoms with E-state index in [1.54, 1.807) is 12.2 Å². The average Bonchev–Trinajstić information content (AvgIpc) is 2.40. The summed E-state index contributed by atoms with van der Waals surface area (Å²) in [6.45, 7) is 9.98. The minimum atomic E-state index is 0.734. The van der Waals surface area contributed by atoms with Gasteiger partial charge in [0.2, 0.25) is 0 Å². The van der Waals surface area contributed by atoms with E-state index in [4.69, 9.17) is 0 Å². The first-order valence-electron chi connectivity index (χ1n) is 6.14. The highest BCUT2D eigenvalue weighted by atomic mass is 16.1. The summed E-state index contributed by atoms with van der Waals surface area (Å²) >= 11 is 0. The highest BCUT2D eigenvalue weighted by Crippen LogP contribution is 2.03. The third-order valence-corrected chi connectivity index (χ3v) is 2.32. The molecule has 0 saturated carbocycles. The Hall–Kier alpha value is -1.93. The van der Waals surface area contributed by atoms with Gasteiger partial charge < -0.3 is 4.90 Å². The van der Waals surface area contributed by atoms with Crippen molar-refractivity contribution in [1.82, 2.24) is 4.90 Å². The number of aldehydes is 1. The molecule has 0 fully saturated rings. The second-order valence-corrected chi connectivity index (χ2v) is 4.45. The van der Waals surface area contributed by atoms with Crippen LogP contribution in [-0.4, -0.2) is 25.3 Å². The molecule has 0 unspecified atom stereocenters. The van der Waals surface area contributed by atoms with Crippen LogP contribution in [0.1, 0.15) is 22.8 Å². The maximum Gasteiger partial charge on any atom is 0.150 e. The van der Waals surface area contributed by atoms with Gasteiger partial charge in [-0.05, 0) is 26.6 Å². The van der Waals surface area contributed by atoms with Crippen molar-refractivity contribution in [3.63, 3.8) is 0 Å². The molecule has 0 aliphatic carbocycles. The molecule has 0 aromatic heterocycles. The van der Waals surface area contributed by atoms with Crippen LogP contribution < -0.4 is 0 Å². The van der Waals surface area contributed by atoms with Crippen LogP contribution in [0.2, 0.25) is 0 Å². The quantitative estimate of drug-likeness (QED) is 0.589. The Morgan fingerprint density at radius 3 is 2.11 bits per heavy atom. The molecule has 0 radical (unpaired) electrons. The van der Waals surface area contributed by atoms with Gasteiger partial charge in [0, 0.05) is 12.1 Å². The zero-order valence-corrected chi connectivity index (χ0v) is 12.1. The molecule has 2 nitrogen and oxygen atoms in total. The Labute approximate surface area is 116 Å². The Morgan fingerprint density at radius 2 is 1.79 bits per heavy atom. The van der Waals surface area contributed by atoms with Crippen LogP contribution in [0.25, 0.3) is 0 Å². The predicted octanol–water partition coefficient (Wildman–Crippen LogP) is 3.87. The van der Waals surface area contributed by atoms with Gasteiger partial charge in [-0.3, -0.25) is 4.79 Å². The number of carbonyl (C=O) groups excluding carboxylic acids is 1. The van der Waals surface area contributed by atoms with Crippen LogP contribution in [0.15, 0.2) is 61.2 Å². The van der Waals surface area contributed by atoms with Crippen molar-refractivity contribution in [2.75, 3.05) is 14.1 Å². The van der Waals surface area contributed by atoms with E-state index in [-0.39, 0.29) is 0 Å². The zero-order valence-electron chi connectivity index (χ0n) is 12.1. The zero-order chi connectivity index (χ0) is 14.7. The van der Waals surface area contributed by atoms with E-state index in [0.717, 1.165) is 24.0 Å². The Morgan fingerprint density at radius 1 is 1.21 bits per heavy atom. The second-order valence-electron chi connectivity index (χ2n) is 4.45. The van der Waals surface area contributed by atoms with Crippen molar-refractivity contribution in [3.8, 4) is 0 Å². The summed E-state index contributed by atoms with van der Waals surface area (Å²) in [5.41, 5.74) is 3.11. The molecule has 19 heavy (non-hydrogen) atoms. The van der Waals surface area contributed by atoms with Crippen LogP contribution >= 0.6 is 0 Å². The van der Waals surface area contributed by atoms with Gasteiger partial charge in [-0.25, -0.2) is 0 Å². The minimum Gasteiger partial charge on any atom is -0.305 e. The first-order chi connectivity index (χ1) is 9.03. The summed E-state index contributed by atoms with van der Waals surface area (Å²) < 4.78 is 0.